The van der Waals surface area contributed by atoms with Gasteiger partial charge in [0.2, 0.25) is 0 Å². The average molecular weight is 401 g/mol. The van der Waals surface area contributed by atoms with E-state index in [9.17, 15) is 0 Å². The fourth-order valence-corrected chi connectivity index (χ4v) is 3.65. The molecule has 0 radical (unpaired) electrons. The highest BCUT2D eigenvalue weighted by molar-refractivity contribution is 6.30. The van der Waals surface area contributed by atoms with Gasteiger partial charge in [0.25, 0.3) is 0 Å². The molecule has 142 valence electrons. The summed E-state index contributed by atoms with van der Waals surface area (Å²) >= 11 is 6.09. The number of rotatable bonds is 5. The average Bonchev–Trinajstić information content (AvgIpc) is 3.41. The number of aromatic nitrogens is 6. The molecule has 0 bridgehead atoms. The molecule has 0 saturated carbocycles. The van der Waals surface area contributed by atoms with Crippen molar-refractivity contribution in [3.05, 3.63) is 107 Å². The van der Waals surface area contributed by atoms with Gasteiger partial charge in [0.15, 0.2) is 0 Å². The topological polar surface area (TPSA) is 61.4 Å². The van der Waals surface area contributed by atoms with Crippen molar-refractivity contribution in [1.82, 2.24) is 29.8 Å². The molecule has 2 aromatic heterocycles. The Balaban J connectivity index is 1.60. The monoisotopic (exact) mass is 400 g/mol. The van der Waals surface area contributed by atoms with Crippen molar-refractivity contribution < 1.29 is 0 Å². The van der Waals surface area contributed by atoms with Crippen LogP contribution in [0.25, 0.3) is 11.0 Å². The van der Waals surface area contributed by atoms with Crippen molar-refractivity contribution in [3.63, 3.8) is 0 Å². The van der Waals surface area contributed by atoms with Crippen molar-refractivity contribution in [2.45, 2.75) is 12.6 Å². The van der Waals surface area contributed by atoms with Gasteiger partial charge in [-0.2, -0.15) is 5.10 Å². The molecule has 7 heteroatoms. The Morgan fingerprint density at radius 3 is 2.45 bits per heavy atom. The van der Waals surface area contributed by atoms with Crippen LogP contribution in [-0.2, 0) is 6.54 Å². The lowest BCUT2D eigenvalue weighted by atomic mass is 9.98. The van der Waals surface area contributed by atoms with E-state index in [4.69, 9.17) is 11.6 Å². The van der Waals surface area contributed by atoms with Crippen LogP contribution in [-0.4, -0.2) is 29.8 Å². The van der Waals surface area contributed by atoms with Gasteiger partial charge in [0.05, 0.1) is 12.1 Å². The maximum absolute atomic E-state index is 6.09. The Morgan fingerprint density at radius 1 is 0.897 bits per heavy atom. The Hall–Kier alpha value is -3.51. The van der Waals surface area contributed by atoms with E-state index in [1.165, 1.54) is 5.56 Å². The lowest BCUT2D eigenvalue weighted by Gasteiger charge is -2.18. The van der Waals surface area contributed by atoms with Gasteiger partial charge < -0.3 is 0 Å². The minimum atomic E-state index is -0.126. The molecule has 0 saturated heterocycles. The van der Waals surface area contributed by atoms with Gasteiger partial charge in [-0.3, -0.25) is 0 Å². The molecule has 0 fully saturated rings. The summed E-state index contributed by atoms with van der Waals surface area (Å²) < 4.78 is 3.77. The molecule has 6 nitrogen and oxygen atoms in total. The second-order valence-electron chi connectivity index (χ2n) is 6.81. The van der Waals surface area contributed by atoms with Crippen LogP contribution in [0.5, 0.6) is 0 Å². The van der Waals surface area contributed by atoms with E-state index in [1.54, 1.807) is 12.7 Å². The van der Waals surface area contributed by atoms with E-state index in [2.05, 4.69) is 44.7 Å². The lowest BCUT2D eigenvalue weighted by molar-refractivity contribution is 0.593. The maximum Gasteiger partial charge on any atom is 0.137 e. The molecule has 0 spiro atoms. The van der Waals surface area contributed by atoms with E-state index < -0.39 is 0 Å². The Labute approximate surface area is 172 Å². The predicted octanol–water partition coefficient (Wildman–Crippen LogP) is 4.36. The molecule has 1 unspecified atom stereocenters. The highest BCUT2D eigenvalue weighted by Crippen LogP contribution is 2.29. The van der Waals surface area contributed by atoms with E-state index in [-0.39, 0.29) is 6.04 Å². The Bertz CT molecular complexity index is 1230. The molecule has 0 amide bonds. The van der Waals surface area contributed by atoms with Crippen molar-refractivity contribution in [1.29, 1.82) is 0 Å². The third-order valence-electron chi connectivity index (χ3n) is 4.92. The number of halogens is 1. The van der Waals surface area contributed by atoms with Gasteiger partial charge >= 0.3 is 0 Å². The molecular formula is C22H17ClN6. The summed E-state index contributed by atoms with van der Waals surface area (Å²) in [6, 6.07) is 24.1. The highest BCUT2D eigenvalue weighted by Gasteiger charge is 2.19. The highest BCUT2D eigenvalue weighted by atomic mass is 35.5. The largest absolute Gasteiger partial charge is 0.241 e. The van der Waals surface area contributed by atoms with Gasteiger partial charge in [0, 0.05) is 5.02 Å². The summed E-state index contributed by atoms with van der Waals surface area (Å²) in [7, 11) is 0. The quantitative estimate of drug-likeness (QED) is 0.439. The summed E-state index contributed by atoms with van der Waals surface area (Å²) in [4.78, 5) is 4.13. The minimum absolute atomic E-state index is 0.126. The van der Waals surface area contributed by atoms with Gasteiger partial charge in [-0.15, -0.1) is 5.10 Å². The second kappa shape index (κ2) is 7.48. The van der Waals surface area contributed by atoms with Crippen molar-refractivity contribution in [2.24, 2.45) is 0 Å². The molecule has 0 aliphatic heterocycles. The summed E-state index contributed by atoms with van der Waals surface area (Å²) in [6.07, 6.45) is 3.27. The first-order chi connectivity index (χ1) is 14.3. The summed E-state index contributed by atoms with van der Waals surface area (Å²) in [5.74, 6) is 0. The fourth-order valence-electron chi connectivity index (χ4n) is 3.52. The fraction of sp³-hybridized carbons (Fsp3) is 0.0909. The van der Waals surface area contributed by atoms with E-state index in [0.717, 1.165) is 22.2 Å². The van der Waals surface area contributed by atoms with Crippen LogP contribution in [0.15, 0.2) is 85.5 Å². The zero-order valence-electron chi connectivity index (χ0n) is 15.4. The van der Waals surface area contributed by atoms with E-state index >= 15 is 0 Å². The van der Waals surface area contributed by atoms with Crippen LogP contribution in [0.1, 0.15) is 22.7 Å². The first-order valence-corrected chi connectivity index (χ1v) is 9.62. The smallest absolute Gasteiger partial charge is 0.137 e. The third kappa shape index (κ3) is 3.50. The van der Waals surface area contributed by atoms with Crippen molar-refractivity contribution in [2.75, 3.05) is 0 Å². The molecule has 5 aromatic rings. The van der Waals surface area contributed by atoms with Crippen LogP contribution in [0.3, 0.4) is 0 Å². The summed E-state index contributed by atoms with van der Waals surface area (Å²) in [5.41, 5.74) is 5.15. The molecule has 1 atom stereocenters. The first kappa shape index (κ1) is 17.6. The normalized spacial score (nSPS) is 12.3. The van der Waals surface area contributed by atoms with Crippen LogP contribution < -0.4 is 0 Å². The van der Waals surface area contributed by atoms with Crippen molar-refractivity contribution in [3.8, 4) is 0 Å². The number of fused-ring (bicyclic) bond motifs is 1. The standard InChI is InChI=1S/C22H17ClN6/c23-19-9-6-17(7-10-19)22(29-15-24-14-25-29)18-8-11-20-21(12-18)28(27-26-20)13-16-4-2-1-3-5-16/h1-12,14-15,22H,13H2. The molecule has 3 aromatic carbocycles. The molecule has 29 heavy (non-hydrogen) atoms. The van der Waals surface area contributed by atoms with Crippen LogP contribution in [0, 0.1) is 0 Å². The molecule has 5 rings (SSSR count). The van der Waals surface area contributed by atoms with E-state index in [0.29, 0.717) is 11.6 Å². The number of hydrogen-bond donors (Lipinski definition) is 0. The van der Waals surface area contributed by atoms with Crippen molar-refractivity contribution >= 4 is 22.6 Å². The predicted molar refractivity (Wildman–Crippen MR) is 112 cm³/mol. The van der Waals surface area contributed by atoms with Gasteiger partial charge in [0.1, 0.15) is 24.2 Å². The number of hydrogen-bond acceptors (Lipinski definition) is 4. The number of nitrogens with zero attached hydrogens (tertiary/aromatic N) is 6. The summed E-state index contributed by atoms with van der Waals surface area (Å²) in [6.45, 7) is 0.662. The van der Waals surface area contributed by atoms with Gasteiger partial charge in [-0.05, 0) is 41.0 Å². The second-order valence-corrected chi connectivity index (χ2v) is 7.25. The zero-order valence-corrected chi connectivity index (χ0v) is 16.2. The number of benzene rings is 3. The molecular weight excluding hydrogens is 384 g/mol. The maximum atomic E-state index is 6.09. The Kier molecular flexibility index (Phi) is 4.54. The van der Waals surface area contributed by atoms with Gasteiger partial charge in [-0.1, -0.05) is 65.3 Å². The van der Waals surface area contributed by atoms with E-state index in [1.807, 2.05) is 57.9 Å². The van der Waals surface area contributed by atoms with Gasteiger partial charge in [-0.25, -0.2) is 14.3 Å². The van der Waals surface area contributed by atoms with Crippen LogP contribution in [0.2, 0.25) is 5.02 Å². The Morgan fingerprint density at radius 2 is 1.69 bits per heavy atom. The molecule has 0 aliphatic rings. The van der Waals surface area contributed by atoms with Crippen LogP contribution in [0.4, 0.5) is 0 Å². The summed E-state index contributed by atoms with van der Waals surface area (Å²) in [5, 5.41) is 13.8. The SMILES string of the molecule is Clc1ccc(C(c2ccc3nnn(Cc4ccccc4)c3c2)n2cncn2)cc1. The molecule has 0 N–H and O–H groups in total. The third-order valence-corrected chi connectivity index (χ3v) is 5.17. The van der Waals surface area contributed by atoms with Crippen LogP contribution >= 0.6 is 11.6 Å². The molecule has 0 aliphatic carbocycles. The first-order valence-electron chi connectivity index (χ1n) is 9.24. The lowest BCUT2D eigenvalue weighted by Crippen LogP contribution is -2.13. The molecule has 2 heterocycles. The zero-order chi connectivity index (χ0) is 19.6. The minimum Gasteiger partial charge on any atom is -0.241 e.